The van der Waals surface area contributed by atoms with E-state index in [0.717, 1.165) is 5.56 Å². The molecule has 0 aliphatic carbocycles. The van der Waals surface area contributed by atoms with Crippen molar-refractivity contribution in [2.45, 2.75) is 39.0 Å². The van der Waals surface area contributed by atoms with Crippen LogP contribution < -0.4 is 10.6 Å². The van der Waals surface area contributed by atoms with E-state index in [1.807, 2.05) is 12.1 Å². The molecule has 6 heteroatoms. The molecule has 1 rings (SSSR count). The lowest BCUT2D eigenvalue weighted by atomic mass is 9.87. The number of nitrogens with one attached hydrogen (secondary N) is 2. The molecule has 0 radical (unpaired) electrons. The van der Waals surface area contributed by atoms with Gasteiger partial charge in [-0.05, 0) is 23.1 Å². The summed E-state index contributed by atoms with van der Waals surface area (Å²) in [7, 11) is 0. The molecule has 0 aromatic heterocycles. The van der Waals surface area contributed by atoms with Crippen molar-refractivity contribution in [3.8, 4) is 0 Å². The maximum atomic E-state index is 11.6. The highest BCUT2D eigenvalue weighted by atomic mass is 16.4. The third kappa shape index (κ3) is 6.39. The van der Waals surface area contributed by atoms with Gasteiger partial charge in [0.25, 0.3) is 0 Å². The van der Waals surface area contributed by atoms with E-state index in [1.165, 1.54) is 0 Å². The number of aliphatic carboxylic acids is 1. The smallest absolute Gasteiger partial charge is 0.319 e. The number of carbonyl (C=O) groups is 3. The molecule has 2 amide bonds. The number of carbonyl (C=O) groups excluding carboxylic acids is 2. The van der Waals surface area contributed by atoms with Gasteiger partial charge in [0, 0.05) is 12.1 Å². The minimum absolute atomic E-state index is 0.0390. The van der Waals surface area contributed by atoms with Crippen molar-refractivity contribution in [3.05, 3.63) is 29.8 Å². The van der Waals surface area contributed by atoms with Crippen molar-refractivity contribution in [1.82, 2.24) is 5.32 Å². The van der Waals surface area contributed by atoms with Gasteiger partial charge in [-0.1, -0.05) is 32.9 Å². The van der Waals surface area contributed by atoms with E-state index < -0.39 is 12.0 Å². The number of carboxylic acid groups (broad SMARTS) is 1. The number of hydrogen-bond acceptors (Lipinski definition) is 3. The fourth-order valence-corrected chi connectivity index (χ4v) is 1.74. The maximum absolute atomic E-state index is 11.6. The van der Waals surface area contributed by atoms with E-state index in [0.29, 0.717) is 5.69 Å². The van der Waals surface area contributed by atoms with Crippen molar-refractivity contribution < 1.29 is 19.5 Å². The van der Waals surface area contributed by atoms with Gasteiger partial charge in [-0.25, -0.2) is 4.79 Å². The van der Waals surface area contributed by atoms with Gasteiger partial charge in [0.2, 0.25) is 0 Å². The van der Waals surface area contributed by atoms with Crippen LogP contribution in [0.2, 0.25) is 0 Å². The molecular weight excluding hydrogens is 284 g/mol. The van der Waals surface area contributed by atoms with Gasteiger partial charge in [0.15, 0.2) is 5.78 Å². The largest absolute Gasteiger partial charge is 0.481 e. The first kappa shape index (κ1) is 17.7. The SMILES string of the molecule is CC(C)(C)c1ccc(NC(=O)NCC(=O)CCC(=O)O)cc1. The molecule has 1 aromatic rings. The molecule has 3 N–H and O–H groups in total. The number of amides is 2. The Kier molecular flexibility index (Phi) is 6.10. The molecular formula is C16H22N2O4. The Morgan fingerprint density at radius 1 is 1.05 bits per heavy atom. The predicted octanol–water partition coefficient (Wildman–Crippen LogP) is 2.54. The molecule has 0 saturated heterocycles. The summed E-state index contributed by atoms with van der Waals surface area (Å²) in [6.45, 7) is 6.12. The van der Waals surface area contributed by atoms with Gasteiger partial charge in [0.05, 0.1) is 13.0 Å². The van der Waals surface area contributed by atoms with E-state index >= 15 is 0 Å². The number of benzene rings is 1. The number of Topliss-reactive ketones (excluding diaryl/α,β-unsaturated/α-hetero) is 1. The summed E-state index contributed by atoms with van der Waals surface area (Å²) in [5, 5.41) is 13.5. The Hall–Kier alpha value is -2.37. The Balaban J connectivity index is 2.42. The second-order valence-electron chi connectivity index (χ2n) is 6.07. The van der Waals surface area contributed by atoms with Gasteiger partial charge in [0.1, 0.15) is 0 Å². The van der Waals surface area contributed by atoms with Crippen molar-refractivity contribution in [1.29, 1.82) is 0 Å². The fourth-order valence-electron chi connectivity index (χ4n) is 1.74. The molecule has 0 heterocycles. The number of rotatable bonds is 6. The third-order valence-electron chi connectivity index (χ3n) is 3.07. The van der Waals surface area contributed by atoms with Crippen LogP contribution >= 0.6 is 0 Å². The van der Waals surface area contributed by atoms with Crippen LogP contribution in [0, 0.1) is 0 Å². The number of urea groups is 1. The quantitative estimate of drug-likeness (QED) is 0.752. The molecule has 0 fully saturated rings. The Labute approximate surface area is 129 Å². The number of hydrogen-bond donors (Lipinski definition) is 3. The van der Waals surface area contributed by atoms with Crippen LogP contribution in [-0.4, -0.2) is 29.4 Å². The first-order chi connectivity index (χ1) is 10.2. The summed E-state index contributed by atoms with van der Waals surface area (Å²) in [5.74, 6) is -1.35. The van der Waals surface area contributed by atoms with E-state index in [2.05, 4.69) is 31.4 Å². The highest BCUT2D eigenvalue weighted by Gasteiger charge is 2.13. The standard InChI is InChI=1S/C16H22N2O4/c1-16(2,3)11-4-6-12(7-5-11)18-15(22)17-10-13(19)8-9-14(20)21/h4-7H,8-10H2,1-3H3,(H,20,21)(H2,17,18,22). The first-order valence-electron chi connectivity index (χ1n) is 7.07. The topological polar surface area (TPSA) is 95.5 Å². The van der Waals surface area contributed by atoms with Crippen molar-refractivity contribution >= 4 is 23.5 Å². The zero-order chi connectivity index (χ0) is 16.8. The summed E-state index contributed by atoms with van der Waals surface area (Å²) in [6.07, 6.45) is -0.313. The maximum Gasteiger partial charge on any atom is 0.319 e. The van der Waals surface area contributed by atoms with Crippen LogP contribution in [0.25, 0.3) is 0 Å². The van der Waals surface area contributed by atoms with Crippen LogP contribution in [0.1, 0.15) is 39.2 Å². The van der Waals surface area contributed by atoms with E-state index in [9.17, 15) is 14.4 Å². The Morgan fingerprint density at radius 3 is 2.14 bits per heavy atom. The minimum atomic E-state index is -1.03. The molecule has 0 spiro atoms. The average molecular weight is 306 g/mol. The normalized spacial score (nSPS) is 10.9. The monoisotopic (exact) mass is 306 g/mol. The second kappa shape index (κ2) is 7.59. The summed E-state index contributed by atoms with van der Waals surface area (Å²) in [5.41, 5.74) is 1.82. The van der Waals surface area contributed by atoms with Crippen molar-refractivity contribution in [2.75, 3.05) is 11.9 Å². The van der Waals surface area contributed by atoms with E-state index in [-0.39, 0.29) is 30.6 Å². The van der Waals surface area contributed by atoms with Crippen LogP contribution in [0.3, 0.4) is 0 Å². The van der Waals surface area contributed by atoms with Crippen LogP contribution in [-0.2, 0) is 15.0 Å². The molecule has 0 unspecified atom stereocenters. The minimum Gasteiger partial charge on any atom is -0.481 e. The third-order valence-corrected chi connectivity index (χ3v) is 3.07. The van der Waals surface area contributed by atoms with Crippen molar-refractivity contribution in [2.24, 2.45) is 0 Å². The summed E-state index contributed by atoms with van der Waals surface area (Å²) < 4.78 is 0. The van der Waals surface area contributed by atoms with Crippen LogP contribution in [0.15, 0.2) is 24.3 Å². The second-order valence-corrected chi connectivity index (χ2v) is 6.07. The molecule has 1 aromatic carbocycles. The van der Waals surface area contributed by atoms with Gasteiger partial charge in [-0.3, -0.25) is 9.59 Å². The molecule has 120 valence electrons. The van der Waals surface area contributed by atoms with Gasteiger partial charge in [-0.15, -0.1) is 0 Å². The molecule has 0 aliphatic heterocycles. The molecule has 6 nitrogen and oxygen atoms in total. The first-order valence-corrected chi connectivity index (χ1v) is 7.07. The van der Waals surface area contributed by atoms with Gasteiger partial charge in [-0.2, -0.15) is 0 Å². The highest BCUT2D eigenvalue weighted by Crippen LogP contribution is 2.23. The lowest BCUT2D eigenvalue weighted by Gasteiger charge is -2.19. The summed E-state index contributed by atoms with van der Waals surface area (Å²) in [4.78, 5) is 33.3. The molecule has 0 bridgehead atoms. The van der Waals surface area contributed by atoms with E-state index in [1.54, 1.807) is 12.1 Å². The fraction of sp³-hybridized carbons (Fsp3) is 0.438. The molecule has 0 aliphatic rings. The lowest BCUT2D eigenvalue weighted by molar-refractivity contribution is -0.138. The Bertz CT molecular complexity index is 544. The van der Waals surface area contributed by atoms with Gasteiger partial charge < -0.3 is 15.7 Å². The zero-order valence-electron chi connectivity index (χ0n) is 13.1. The van der Waals surface area contributed by atoms with Crippen LogP contribution in [0.4, 0.5) is 10.5 Å². The number of carboxylic acids is 1. The molecule has 22 heavy (non-hydrogen) atoms. The summed E-state index contributed by atoms with van der Waals surface area (Å²) >= 11 is 0. The summed E-state index contributed by atoms with van der Waals surface area (Å²) in [6, 6.07) is 6.98. The predicted molar refractivity (Wildman–Crippen MR) is 84.0 cm³/mol. The Morgan fingerprint density at radius 2 is 1.64 bits per heavy atom. The van der Waals surface area contributed by atoms with Crippen LogP contribution in [0.5, 0.6) is 0 Å². The highest BCUT2D eigenvalue weighted by molar-refractivity contribution is 5.93. The lowest BCUT2D eigenvalue weighted by Crippen LogP contribution is -2.33. The molecule has 0 atom stereocenters. The van der Waals surface area contributed by atoms with Gasteiger partial charge >= 0.3 is 12.0 Å². The zero-order valence-corrected chi connectivity index (χ0v) is 13.1. The van der Waals surface area contributed by atoms with E-state index in [4.69, 9.17) is 5.11 Å². The molecule has 0 saturated carbocycles. The number of ketones is 1. The number of anilines is 1. The van der Waals surface area contributed by atoms with Crippen molar-refractivity contribution in [3.63, 3.8) is 0 Å². The average Bonchev–Trinajstić information content (AvgIpc) is 2.42.